The van der Waals surface area contributed by atoms with Gasteiger partial charge in [0, 0.05) is 31.9 Å². The van der Waals surface area contributed by atoms with Crippen molar-refractivity contribution in [1.29, 1.82) is 0 Å². The third kappa shape index (κ3) is 3.76. The summed E-state index contributed by atoms with van der Waals surface area (Å²) >= 11 is 12.7. The Bertz CT molecular complexity index is 1630. The highest BCUT2D eigenvalue weighted by Gasteiger charge is 2.20. The summed E-state index contributed by atoms with van der Waals surface area (Å²) in [7, 11) is 0. The van der Waals surface area contributed by atoms with E-state index in [1.165, 1.54) is 0 Å². The fourth-order valence-electron chi connectivity index (χ4n) is 4.89. The van der Waals surface area contributed by atoms with E-state index in [0.29, 0.717) is 31.9 Å². The molecule has 0 fully saturated rings. The Morgan fingerprint density at radius 2 is 0.778 bits per heavy atom. The van der Waals surface area contributed by atoms with E-state index in [1.807, 2.05) is 97.1 Å². The quantitative estimate of drug-likeness (QED) is 0.250. The third-order valence-corrected chi connectivity index (χ3v) is 7.07. The topological polar surface area (TPSA) is 40.5 Å². The maximum Gasteiger partial charge on any atom is 0.131 e. The van der Waals surface area contributed by atoms with Gasteiger partial charge < -0.3 is 10.2 Å². The summed E-state index contributed by atoms with van der Waals surface area (Å²) in [5, 5.41) is 27.2. The van der Waals surface area contributed by atoms with Gasteiger partial charge in [0.25, 0.3) is 0 Å². The van der Waals surface area contributed by atoms with Crippen molar-refractivity contribution in [2.24, 2.45) is 0 Å². The molecule has 6 rings (SSSR count). The average Bonchev–Trinajstić information content (AvgIpc) is 2.90. The second-order valence-electron chi connectivity index (χ2n) is 8.75. The summed E-state index contributed by atoms with van der Waals surface area (Å²) in [5.74, 6) is 0.174. The first-order chi connectivity index (χ1) is 17.5. The van der Waals surface area contributed by atoms with Gasteiger partial charge >= 0.3 is 0 Å². The molecule has 0 aliphatic heterocycles. The molecular weight excluding hydrogens is 487 g/mol. The summed E-state index contributed by atoms with van der Waals surface area (Å²) in [6, 6.07) is 34.7. The predicted molar refractivity (Wildman–Crippen MR) is 151 cm³/mol. The summed E-state index contributed by atoms with van der Waals surface area (Å²) in [6.07, 6.45) is 0. The van der Waals surface area contributed by atoms with Crippen LogP contribution in [-0.2, 0) is 0 Å². The molecule has 0 amide bonds. The van der Waals surface area contributed by atoms with E-state index in [-0.39, 0.29) is 11.5 Å². The molecule has 0 saturated heterocycles. The van der Waals surface area contributed by atoms with Crippen molar-refractivity contribution in [1.82, 2.24) is 0 Å². The molecule has 0 aromatic heterocycles. The van der Waals surface area contributed by atoms with Gasteiger partial charge in [-0.3, -0.25) is 0 Å². The first-order valence-electron chi connectivity index (χ1n) is 11.5. The van der Waals surface area contributed by atoms with Crippen LogP contribution in [0.3, 0.4) is 0 Å². The van der Waals surface area contributed by atoms with Gasteiger partial charge in [-0.15, -0.1) is 0 Å². The zero-order valence-corrected chi connectivity index (χ0v) is 20.6. The van der Waals surface area contributed by atoms with E-state index in [2.05, 4.69) is 0 Å². The molecule has 6 aromatic carbocycles. The second kappa shape index (κ2) is 8.91. The van der Waals surface area contributed by atoms with E-state index in [9.17, 15) is 10.2 Å². The van der Waals surface area contributed by atoms with Crippen molar-refractivity contribution < 1.29 is 10.2 Å². The lowest BCUT2D eigenvalue weighted by molar-refractivity contribution is 0.475. The maximum atomic E-state index is 11.5. The molecule has 2 nitrogen and oxygen atoms in total. The van der Waals surface area contributed by atoms with Crippen molar-refractivity contribution in [3.8, 4) is 44.9 Å². The van der Waals surface area contributed by atoms with Crippen LogP contribution in [0, 0.1) is 0 Å². The Balaban J connectivity index is 1.73. The number of fused-ring (bicyclic) bond motifs is 2. The molecule has 6 aromatic rings. The molecular formula is C32H20Cl2O2. The van der Waals surface area contributed by atoms with Crippen molar-refractivity contribution in [3.63, 3.8) is 0 Å². The first kappa shape index (κ1) is 22.5. The molecule has 36 heavy (non-hydrogen) atoms. The minimum atomic E-state index is 0.0870. The van der Waals surface area contributed by atoms with Crippen molar-refractivity contribution >= 4 is 44.7 Å². The zero-order chi connectivity index (χ0) is 24.8. The predicted octanol–water partition coefficient (Wildman–Crippen LogP) is 9.71. The summed E-state index contributed by atoms with van der Waals surface area (Å²) in [5.41, 5.74) is 4.88. The summed E-state index contributed by atoms with van der Waals surface area (Å²) in [6.45, 7) is 0. The van der Waals surface area contributed by atoms with Crippen LogP contribution in [0.15, 0.2) is 109 Å². The van der Waals surface area contributed by atoms with E-state index < -0.39 is 0 Å². The average molecular weight is 507 g/mol. The first-order valence-corrected chi connectivity index (χ1v) is 12.3. The lowest BCUT2D eigenvalue weighted by atomic mass is 9.88. The fourth-order valence-corrected chi connectivity index (χ4v) is 5.23. The number of hydrogen-bond acceptors (Lipinski definition) is 2. The van der Waals surface area contributed by atoms with Gasteiger partial charge in [-0.1, -0.05) is 83.9 Å². The Hall–Kier alpha value is -3.98. The molecule has 0 spiro atoms. The summed E-state index contributed by atoms with van der Waals surface area (Å²) < 4.78 is 0. The minimum Gasteiger partial charge on any atom is -0.507 e. The molecule has 0 bridgehead atoms. The van der Waals surface area contributed by atoms with Crippen molar-refractivity contribution in [3.05, 3.63) is 119 Å². The van der Waals surface area contributed by atoms with Crippen LogP contribution < -0.4 is 0 Å². The molecule has 0 atom stereocenters. The smallest absolute Gasteiger partial charge is 0.131 e. The van der Waals surface area contributed by atoms with E-state index >= 15 is 0 Å². The van der Waals surface area contributed by atoms with E-state index in [0.717, 1.165) is 33.0 Å². The van der Waals surface area contributed by atoms with Gasteiger partial charge in [0.15, 0.2) is 0 Å². The number of halogens is 2. The highest BCUT2D eigenvalue weighted by Crippen LogP contribution is 2.48. The lowest BCUT2D eigenvalue weighted by Crippen LogP contribution is -1.91. The molecule has 0 heterocycles. The van der Waals surface area contributed by atoms with Crippen LogP contribution in [0.4, 0.5) is 0 Å². The highest BCUT2D eigenvalue weighted by atomic mass is 35.5. The Kier molecular flexibility index (Phi) is 5.56. The number of benzene rings is 6. The molecule has 4 heteroatoms. The van der Waals surface area contributed by atoms with Gasteiger partial charge in [-0.05, 0) is 81.6 Å². The van der Waals surface area contributed by atoms with Gasteiger partial charge in [-0.2, -0.15) is 0 Å². The Labute approximate surface area is 218 Å². The monoisotopic (exact) mass is 506 g/mol. The normalized spacial score (nSPS) is 11.3. The Morgan fingerprint density at radius 1 is 0.389 bits per heavy atom. The third-order valence-electron chi connectivity index (χ3n) is 6.60. The SMILES string of the molecule is Oc1c(-c2cc(-c3ccccc3)c3cc(Cl)ccc3c2O)cc(-c2ccccc2)c2cc(Cl)ccc12. The van der Waals surface area contributed by atoms with Crippen LogP contribution >= 0.6 is 23.2 Å². The van der Waals surface area contributed by atoms with E-state index in [4.69, 9.17) is 23.2 Å². The maximum absolute atomic E-state index is 11.5. The van der Waals surface area contributed by atoms with Crippen LogP contribution in [0.25, 0.3) is 54.9 Å². The summed E-state index contributed by atoms with van der Waals surface area (Å²) in [4.78, 5) is 0. The lowest BCUT2D eigenvalue weighted by Gasteiger charge is -2.18. The Morgan fingerprint density at radius 3 is 1.17 bits per heavy atom. The molecule has 0 aliphatic rings. The van der Waals surface area contributed by atoms with Gasteiger partial charge in [-0.25, -0.2) is 0 Å². The molecule has 174 valence electrons. The van der Waals surface area contributed by atoms with Gasteiger partial charge in [0.05, 0.1) is 0 Å². The molecule has 0 radical (unpaired) electrons. The van der Waals surface area contributed by atoms with E-state index in [1.54, 1.807) is 12.1 Å². The standard InChI is InChI=1S/C32H20Cl2O2/c33-21-11-13-23-27(15-21)25(19-7-3-1-4-8-19)17-29(31(23)35)30-18-26(20-9-5-2-6-10-20)28-16-22(34)12-14-24(28)32(30)36/h1-18,35-36H. The van der Waals surface area contributed by atoms with Crippen LogP contribution in [0.2, 0.25) is 10.0 Å². The van der Waals surface area contributed by atoms with Crippen LogP contribution in [0.5, 0.6) is 11.5 Å². The minimum absolute atomic E-state index is 0.0870. The zero-order valence-electron chi connectivity index (χ0n) is 19.0. The second-order valence-corrected chi connectivity index (χ2v) is 9.63. The number of phenols is 2. The fraction of sp³-hybridized carbons (Fsp3) is 0. The number of aromatic hydroxyl groups is 2. The van der Waals surface area contributed by atoms with Crippen molar-refractivity contribution in [2.45, 2.75) is 0 Å². The molecule has 0 aliphatic carbocycles. The molecule has 2 N–H and O–H groups in total. The molecule has 0 unspecified atom stereocenters. The van der Waals surface area contributed by atoms with Crippen LogP contribution in [-0.4, -0.2) is 10.2 Å². The van der Waals surface area contributed by atoms with Gasteiger partial charge in [0.1, 0.15) is 11.5 Å². The number of hydrogen-bond donors (Lipinski definition) is 2. The highest BCUT2D eigenvalue weighted by molar-refractivity contribution is 6.32. The van der Waals surface area contributed by atoms with Crippen LogP contribution in [0.1, 0.15) is 0 Å². The number of phenolic OH excluding ortho intramolecular Hbond substituents is 2. The van der Waals surface area contributed by atoms with Crippen molar-refractivity contribution in [2.75, 3.05) is 0 Å². The largest absolute Gasteiger partial charge is 0.507 e. The van der Waals surface area contributed by atoms with Gasteiger partial charge in [0.2, 0.25) is 0 Å². The molecule has 0 saturated carbocycles. The number of rotatable bonds is 3.